The molecule has 1 aliphatic heterocycles. The summed E-state index contributed by atoms with van der Waals surface area (Å²) in [4.78, 5) is 2.45. The van der Waals surface area contributed by atoms with Crippen LogP contribution >= 0.6 is 11.6 Å². The highest BCUT2D eigenvalue weighted by Gasteiger charge is 2.54. The maximum atomic E-state index is 9.09. The summed E-state index contributed by atoms with van der Waals surface area (Å²) in [6.45, 7) is 3.57. The summed E-state index contributed by atoms with van der Waals surface area (Å²) in [6.07, 6.45) is 0. The van der Waals surface area contributed by atoms with Crippen LogP contribution in [0.25, 0.3) is 0 Å². The number of aliphatic hydroxyl groups excluding tert-OH is 1. The summed E-state index contributed by atoms with van der Waals surface area (Å²) in [5, 5.41) is 9.96. The van der Waals surface area contributed by atoms with Gasteiger partial charge in [-0.2, -0.15) is 0 Å². The lowest BCUT2D eigenvalue weighted by atomic mass is 10.2. The molecule has 1 heterocycles. The Balaban J connectivity index is 1.60. The third kappa shape index (κ3) is 1.75. The molecule has 2 unspecified atom stereocenters. The molecule has 2 fully saturated rings. The smallest absolute Gasteiger partial charge is 0.0465 e. The van der Waals surface area contributed by atoms with Crippen molar-refractivity contribution in [3.8, 4) is 0 Å². The van der Waals surface area contributed by atoms with Crippen LogP contribution in [0, 0.1) is 17.8 Å². The van der Waals surface area contributed by atoms with Crippen molar-refractivity contribution >= 4 is 11.6 Å². The lowest BCUT2D eigenvalue weighted by Gasteiger charge is -2.19. The number of nitrogens with zero attached hydrogens (tertiary/aromatic N) is 1. The highest BCUT2D eigenvalue weighted by atomic mass is 35.5. The first-order valence-electron chi connectivity index (χ1n) is 5.86. The van der Waals surface area contributed by atoms with Gasteiger partial charge in [0.25, 0.3) is 0 Å². The molecule has 1 saturated carbocycles. The van der Waals surface area contributed by atoms with Gasteiger partial charge in [-0.3, -0.25) is 4.90 Å². The molecule has 3 heteroatoms. The SMILES string of the molecule is OCC1C2CN(Cc3ccccc3Cl)CC12. The molecular weight excluding hydrogens is 222 g/mol. The van der Waals surface area contributed by atoms with Gasteiger partial charge in [0.05, 0.1) is 0 Å². The summed E-state index contributed by atoms with van der Waals surface area (Å²) in [5.74, 6) is 2.07. The van der Waals surface area contributed by atoms with E-state index in [1.807, 2.05) is 18.2 Å². The van der Waals surface area contributed by atoms with Crippen molar-refractivity contribution in [2.24, 2.45) is 17.8 Å². The Labute approximate surface area is 101 Å². The molecule has 0 radical (unpaired) electrons. The quantitative estimate of drug-likeness (QED) is 0.870. The number of hydrogen-bond acceptors (Lipinski definition) is 2. The molecule has 1 saturated heterocycles. The van der Waals surface area contributed by atoms with Gasteiger partial charge in [0.2, 0.25) is 0 Å². The van der Waals surface area contributed by atoms with Crippen molar-refractivity contribution in [2.75, 3.05) is 19.7 Å². The predicted molar refractivity (Wildman–Crippen MR) is 64.3 cm³/mol. The summed E-state index contributed by atoms with van der Waals surface area (Å²) in [5.41, 5.74) is 1.21. The highest BCUT2D eigenvalue weighted by Crippen LogP contribution is 2.51. The molecule has 0 aromatic heterocycles. The molecule has 0 amide bonds. The molecule has 1 aliphatic carbocycles. The van der Waals surface area contributed by atoms with E-state index in [0.29, 0.717) is 12.5 Å². The van der Waals surface area contributed by atoms with Crippen LogP contribution < -0.4 is 0 Å². The van der Waals surface area contributed by atoms with Crippen LogP contribution in [0.5, 0.6) is 0 Å². The van der Waals surface area contributed by atoms with Gasteiger partial charge in [0, 0.05) is 31.3 Å². The molecular formula is C13H16ClNO. The Bertz CT molecular complexity index is 383. The third-order valence-electron chi connectivity index (χ3n) is 4.01. The second-order valence-electron chi connectivity index (χ2n) is 4.96. The normalized spacial score (nSPS) is 32.8. The van der Waals surface area contributed by atoms with Crippen LogP contribution in [0.15, 0.2) is 24.3 Å². The molecule has 16 heavy (non-hydrogen) atoms. The molecule has 86 valence electrons. The molecule has 0 bridgehead atoms. The Hall–Kier alpha value is -0.570. The zero-order valence-electron chi connectivity index (χ0n) is 9.14. The first kappa shape index (κ1) is 10.6. The van der Waals surface area contributed by atoms with Crippen molar-refractivity contribution in [2.45, 2.75) is 6.54 Å². The van der Waals surface area contributed by atoms with E-state index in [0.717, 1.165) is 36.5 Å². The highest BCUT2D eigenvalue weighted by molar-refractivity contribution is 6.31. The van der Waals surface area contributed by atoms with Gasteiger partial charge in [-0.1, -0.05) is 29.8 Å². The zero-order valence-corrected chi connectivity index (χ0v) is 9.90. The van der Waals surface area contributed by atoms with E-state index in [-0.39, 0.29) is 0 Å². The monoisotopic (exact) mass is 237 g/mol. The number of hydrogen-bond donors (Lipinski definition) is 1. The van der Waals surface area contributed by atoms with Gasteiger partial charge in [-0.15, -0.1) is 0 Å². The van der Waals surface area contributed by atoms with Gasteiger partial charge in [0.15, 0.2) is 0 Å². The van der Waals surface area contributed by atoms with Crippen LogP contribution in [-0.4, -0.2) is 29.7 Å². The minimum absolute atomic E-state index is 0.370. The average molecular weight is 238 g/mol. The van der Waals surface area contributed by atoms with Crippen molar-refractivity contribution in [3.05, 3.63) is 34.9 Å². The van der Waals surface area contributed by atoms with Crippen LogP contribution in [0.2, 0.25) is 5.02 Å². The van der Waals surface area contributed by atoms with E-state index in [2.05, 4.69) is 11.0 Å². The zero-order chi connectivity index (χ0) is 11.1. The first-order valence-corrected chi connectivity index (χ1v) is 6.24. The van der Waals surface area contributed by atoms with Crippen molar-refractivity contribution in [3.63, 3.8) is 0 Å². The van der Waals surface area contributed by atoms with Crippen molar-refractivity contribution < 1.29 is 5.11 Å². The number of fused-ring (bicyclic) bond motifs is 1. The van der Waals surface area contributed by atoms with Gasteiger partial charge in [-0.05, 0) is 29.4 Å². The van der Waals surface area contributed by atoms with Crippen LogP contribution in [0.3, 0.4) is 0 Å². The number of rotatable bonds is 3. The molecule has 2 aliphatic rings. The van der Waals surface area contributed by atoms with Crippen molar-refractivity contribution in [1.82, 2.24) is 4.90 Å². The van der Waals surface area contributed by atoms with E-state index in [1.54, 1.807) is 0 Å². The van der Waals surface area contributed by atoms with E-state index < -0.39 is 0 Å². The lowest BCUT2D eigenvalue weighted by Crippen LogP contribution is -2.24. The molecule has 1 N–H and O–H groups in total. The Kier molecular flexibility index (Phi) is 2.66. The average Bonchev–Trinajstić information content (AvgIpc) is 2.76. The fourth-order valence-corrected chi connectivity index (χ4v) is 3.20. The first-order chi connectivity index (χ1) is 7.79. The summed E-state index contributed by atoms with van der Waals surface area (Å²) in [6, 6.07) is 8.05. The molecule has 0 spiro atoms. The number of halogens is 1. The van der Waals surface area contributed by atoms with E-state index in [1.165, 1.54) is 5.56 Å². The standard InChI is InChI=1S/C13H16ClNO/c14-13-4-2-1-3-9(13)5-15-6-10-11(7-15)12(10)8-16/h1-4,10-12,16H,5-8H2. The maximum Gasteiger partial charge on any atom is 0.0465 e. The minimum atomic E-state index is 0.370. The van der Waals surface area contributed by atoms with E-state index in [4.69, 9.17) is 16.7 Å². The Morgan fingerprint density at radius 1 is 1.25 bits per heavy atom. The molecule has 2 atom stereocenters. The fourth-order valence-electron chi connectivity index (χ4n) is 3.00. The second kappa shape index (κ2) is 4.02. The summed E-state index contributed by atoms with van der Waals surface area (Å²) >= 11 is 6.14. The summed E-state index contributed by atoms with van der Waals surface area (Å²) in [7, 11) is 0. The number of aliphatic hydroxyl groups is 1. The van der Waals surface area contributed by atoms with Gasteiger partial charge < -0.3 is 5.11 Å². The van der Waals surface area contributed by atoms with Crippen LogP contribution in [0.1, 0.15) is 5.56 Å². The number of benzene rings is 1. The summed E-state index contributed by atoms with van der Waals surface area (Å²) < 4.78 is 0. The maximum absolute atomic E-state index is 9.09. The van der Waals surface area contributed by atoms with Crippen molar-refractivity contribution in [1.29, 1.82) is 0 Å². The molecule has 3 rings (SSSR count). The Morgan fingerprint density at radius 2 is 1.94 bits per heavy atom. The molecule has 1 aromatic carbocycles. The van der Waals surface area contributed by atoms with Crippen LogP contribution in [0.4, 0.5) is 0 Å². The predicted octanol–water partition coefficient (Wildman–Crippen LogP) is 2.01. The Morgan fingerprint density at radius 3 is 2.56 bits per heavy atom. The molecule has 2 nitrogen and oxygen atoms in total. The fraction of sp³-hybridized carbons (Fsp3) is 0.538. The molecule has 1 aromatic rings. The van der Waals surface area contributed by atoms with Gasteiger partial charge in [-0.25, -0.2) is 0 Å². The minimum Gasteiger partial charge on any atom is -0.396 e. The number of piperidine rings is 1. The largest absolute Gasteiger partial charge is 0.396 e. The second-order valence-corrected chi connectivity index (χ2v) is 5.37. The van der Waals surface area contributed by atoms with Gasteiger partial charge >= 0.3 is 0 Å². The number of likely N-dealkylation sites (tertiary alicyclic amines) is 1. The third-order valence-corrected chi connectivity index (χ3v) is 4.38. The van der Waals surface area contributed by atoms with E-state index >= 15 is 0 Å². The topological polar surface area (TPSA) is 23.5 Å². The lowest BCUT2D eigenvalue weighted by molar-refractivity contribution is 0.217. The van der Waals surface area contributed by atoms with Gasteiger partial charge in [0.1, 0.15) is 0 Å². The van der Waals surface area contributed by atoms with E-state index in [9.17, 15) is 0 Å². The van der Waals surface area contributed by atoms with Crippen LogP contribution in [-0.2, 0) is 6.54 Å².